The first-order valence-corrected chi connectivity index (χ1v) is 6.50. The Morgan fingerprint density at radius 1 is 1.44 bits per heavy atom. The van der Waals surface area contributed by atoms with E-state index in [-0.39, 0.29) is 12.4 Å². The molecule has 0 heterocycles. The summed E-state index contributed by atoms with van der Waals surface area (Å²) in [4.78, 5) is 0. The maximum absolute atomic E-state index is 13.3. The first-order chi connectivity index (χ1) is 8.54. The van der Waals surface area contributed by atoms with Crippen molar-refractivity contribution in [1.82, 2.24) is 5.32 Å². The van der Waals surface area contributed by atoms with Gasteiger partial charge in [0.05, 0.1) is 0 Å². The fourth-order valence-corrected chi connectivity index (χ4v) is 1.74. The van der Waals surface area contributed by atoms with Gasteiger partial charge in [-0.3, -0.25) is 0 Å². The topological polar surface area (TPSA) is 41.5 Å². The Labute approximate surface area is 113 Å². The minimum absolute atomic E-state index is 0.0937. The van der Waals surface area contributed by atoms with Crippen LogP contribution < -0.4 is 10.1 Å². The lowest BCUT2D eigenvalue weighted by atomic mass is 10.3. The van der Waals surface area contributed by atoms with Gasteiger partial charge in [0.15, 0.2) is 11.6 Å². The second-order valence-corrected chi connectivity index (χ2v) is 4.78. The zero-order valence-electron chi connectivity index (χ0n) is 10.0. The summed E-state index contributed by atoms with van der Waals surface area (Å²) in [6.45, 7) is 3.06. The molecule has 0 aromatic heterocycles. The van der Waals surface area contributed by atoms with Gasteiger partial charge in [-0.2, -0.15) is 4.39 Å². The molecule has 1 aromatic rings. The average Bonchev–Trinajstić information content (AvgIpc) is 2.32. The summed E-state index contributed by atoms with van der Waals surface area (Å²) in [6, 6.07) is 2.34. The Hall–Kier alpha value is -0.720. The highest BCUT2D eigenvalue weighted by molar-refractivity contribution is 9.10. The molecule has 3 nitrogen and oxygen atoms in total. The molecule has 0 spiro atoms. The van der Waals surface area contributed by atoms with Crippen molar-refractivity contribution < 1.29 is 18.6 Å². The fourth-order valence-electron chi connectivity index (χ4n) is 1.33. The van der Waals surface area contributed by atoms with Crippen LogP contribution in [0.25, 0.3) is 0 Å². The first kappa shape index (κ1) is 15.3. The molecule has 1 atom stereocenters. The molecule has 0 aliphatic rings. The van der Waals surface area contributed by atoms with Crippen molar-refractivity contribution in [1.29, 1.82) is 0 Å². The third-order valence-electron chi connectivity index (χ3n) is 2.20. The molecule has 6 heteroatoms. The van der Waals surface area contributed by atoms with Crippen molar-refractivity contribution in [3.05, 3.63) is 28.2 Å². The van der Waals surface area contributed by atoms with Gasteiger partial charge in [-0.1, -0.05) is 22.9 Å². The van der Waals surface area contributed by atoms with E-state index in [1.807, 2.05) is 6.92 Å². The van der Waals surface area contributed by atoms with Crippen LogP contribution in [0.4, 0.5) is 8.78 Å². The van der Waals surface area contributed by atoms with Crippen LogP contribution in [-0.4, -0.2) is 30.9 Å². The second-order valence-electron chi connectivity index (χ2n) is 3.87. The van der Waals surface area contributed by atoms with E-state index in [0.717, 1.165) is 19.0 Å². The SMILES string of the molecule is CCCNCC(O)COc1cc(Br)cc(F)c1F. The van der Waals surface area contributed by atoms with Crippen LogP contribution in [0, 0.1) is 11.6 Å². The molecule has 0 bridgehead atoms. The van der Waals surface area contributed by atoms with E-state index in [0.29, 0.717) is 11.0 Å². The van der Waals surface area contributed by atoms with Gasteiger partial charge in [0.1, 0.15) is 12.7 Å². The molecule has 0 amide bonds. The van der Waals surface area contributed by atoms with Crippen molar-refractivity contribution in [2.24, 2.45) is 0 Å². The quantitative estimate of drug-likeness (QED) is 0.598. The zero-order chi connectivity index (χ0) is 13.5. The van der Waals surface area contributed by atoms with Gasteiger partial charge >= 0.3 is 0 Å². The van der Waals surface area contributed by atoms with Gasteiger partial charge in [-0.25, -0.2) is 4.39 Å². The van der Waals surface area contributed by atoms with Crippen LogP contribution in [-0.2, 0) is 0 Å². The molecule has 0 aliphatic carbocycles. The van der Waals surface area contributed by atoms with Crippen molar-refractivity contribution in [2.75, 3.05) is 19.7 Å². The van der Waals surface area contributed by atoms with Gasteiger partial charge in [0.2, 0.25) is 5.82 Å². The zero-order valence-corrected chi connectivity index (χ0v) is 11.6. The van der Waals surface area contributed by atoms with Crippen LogP contribution in [0.15, 0.2) is 16.6 Å². The highest BCUT2D eigenvalue weighted by Crippen LogP contribution is 2.25. The molecular formula is C12H16BrF2NO2. The van der Waals surface area contributed by atoms with E-state index in [4.69, 9.17) is 4.74 Å². The number of nitrogens with one attached hydrogen (secondary N) is 1. The molecule has 1 rings (SSSR count). The smallest absolute Gasteiger partial charge is 0.200 e. The van der Waals surface area contributed by atoms with Gasteiger partial charge in [-0.15, -0.1) is 0 Å². The van der Waals surface area contributed by atoms with Gasteiger partial charge in [-0.05, 0) is 25.1 Å². The predicted octanol–water partition coefficient (Wildman–Crippen LogP) is 2.47. The Morgan fingerprint density at radius 3 is 2.83 bits per heavy atom. The second kappa shape index (κ2) is 7.66. The Morgan fingerprint density at radius 2 is 2.17 bits per heavy atom. The summed E-state index contributed by atoms with van der Waals surface area (Å²) in [5.41, 5.74) is 0. The first-order valence-electron chi connectivity index (χ1n) is 5.70. The lowest BCUT2D eigenvalue weighted by molar-refractivity contribution is 0.104. The van der Waals surface area contributed by atoms with Crippen molar-refractivity contribution >= 4 is 15.9 Å². The van der Waals surface area contributed by atoms with Crippen molar-refractivity contribution in [3.63, 3.8) is 0 Å². The summed E-state index contributed by atoms with van der Waals surface area (Å²) in [5, 5.41) is 12.6. The minimum Gasteiger partial charge on any atom is -0.488 e. The Bertz CT molecular complexity index is 391. The molecule has 18 heavy (non-hydrogen) atoms. The number of benzene rings is 1. The van der Waals surface area contributed by atoms with E-state index in [9.17, 15) is 13.9 Å². The van der Waals surface area contributed by atoms with Crippen LogP contribution in [0.3, 0.4) is 0 Å². The maximum Gasteiger partial charge on any atom is 0.200 e. The Kier molecular flexibility index (Phi) is 6.52. The van der Waals surface area contributed by atoms with Gasteiger partial charge < -0.3 is 15.2 Å². The van der Waals surface area contributed by atoms with Crippen molar-refractivity contribution in [2.45, 2.75) is 19.4 Å². The molecule has 0 radical (unpaired) electrons. The number of rotatable bonds is 7. The molecule has 102 valence electrons. The minimum atomic E-state index is -1.05. The number of aliphatic hydroxyl groups is 1. The normalized spacial score (nSPS) is 12.5. The molecule has 0 saturated heterocycles. The number of aliphatic hydroxyl groups excluding tert-OH is 1. The van der Waals surface area contributed by atoms with Crippen molar-refractivity contribution in [3.8, 4) is 5.75 Å². The number of hydrogen-bond donors (Lipinski definition) is 2. The lowest BCUT2D eigenvalue weighted by Crippen LogP contribution is -2.31. The Balaban J connectivity index is 2.48. The van der Waals surface area contributed by atoms with Crippen LogP contribution >= 0.6 is 15.9 Å². The summed E-state index contributed by atoms with van der Waals surface area (Å²) in [6.07, 6.45) is 0.192. The van der Waals surface area contributed by atoms with Gasteiger partial charge in [0.25, 0.3) is 0 Å². The average molecular weight is 324 g/mol. The standard InChI is InChI=1S/C12H16BrF2NO2/c1-2-3-16-6-9(17)7-18-11-5-8(13)4-10(14)12(11)15/h4-5,9,16-17H,2-3,6-7H2,1H3. The highest BCUT2D eigenvalue weighted by Gasteiger charge is 2.13. The lowest BCUT2D eigenvalue weighted by Gasteiger charge is -2.13. The molecule has 1 unspecified atom stereocenters. The molecule has 0 saturated carbocycles. The maximum atomic E-state index is 13.3. The summed E-state index contributed by atoms with van der Waals surface area (Å²) in [5.74, 6) is -2.25. The monoisotopic (exact) mass is 323 g/mol. The summed E-state index contributed by atoms with van der Waals surface area (Å²) < 4.78 is 31.8. The third-order valence-corrected chi connectivity index (χ3v) is 2.66. The fraction of sp³-hybridized carbons (Fsp3) is 0.500. The van der Waals surface area contributed by atoms with E-state index in [1.165, 1.54) is 6.07 Å². The molecule has 0 aliphatic heterocycles. The van der Waals surface area contributed by atoms with Crippen LogP contribution in [0.5, 0.6) is 5.75 Å². The molecule has 0 fully saturated rings. The van der Waals surface area contributed by atoms with E-state index < -0.39 is 17.7 Å². The van der Waals surface area contributed by atoms with Gasteiger partial charge in [0, 0.05) is 11.0 Å². The highest BCUT2D eigenvalue weighted by atomic mass is 79.9. The summed E-state index contributed by atoms with van der Waals surface area (Å²) in [7, 11) is 0. The molecule has 2 N–H and O–H groups in total. The van der Waals surface area contributed by atoms with E-state index in [2.05, 4.69) is 21.2 Å². The molecule has 1 aromatic carbocycles. The van der Waals surface area contributed by atoms with E-state index >= 15 is 0 Å². The number of hydrogen-bond acceptors (Lipinski definition) is 3. The largest absolute Gasteiger partial charge is 0.488 e. The molecular weight excluding hydrogens is 308 g/mol. The van der Waals surface area contributed by atoms with E-state index in [1.54, 1.807) is 0 Å². The third kappa shape index (κ3) is 4.88. The number of halogens is 3. The predicted molar refractivity (Wildman–Crippen MR) is 68.7 cm³/mol. The number of ether oxygens (including phenoxy) is 1. The van der Waals surface area contributed by atoms with Crippen LogP contribution in [0.1, 0.15) is 13.3 Å². The van der Waals surface area contributed by atoms with Crippen LogP contribution in [0.2, 0.25) is 0 Å². The summed E-state index contributed by atoms with van der Waals surface area (Å²) >= 11 is 3.04.